The van der Waals surface area contributed by atoms with Gasteiger partial charge in [-0.05, 0) is 44.8 Å². The molecule has 0 aromatic heterocycles. The summed E-state index contributed by atoms with van der Waals surface area (Å²) in [4.78, 5) is 40.5. The van der Waals surface area contributed by atoms with Gasteiger partial charge in [-0.3, -0.25) is 4.79 Å². The predicted octanol–water partition coefficient (Wildman–Crippen LogP) is -0.0440. The summed E-state index contributed by atoms with van der Waals surface area (Å²) < 4.78 is 5.07. The Bertz CT molecular complexity index is 728. The summed E-state index contributed by atoms with van der Waals surface area (Å²) in [5.41, 5.74) is 2.45. The molecule has 0 spiro atoms. The maximum atomic E-state index is 12.0. The quantitative estimate of drug-likeness (QED) is 0.128. The van der Waals surface area contributed by atoms with Crippen molar-refractivity contribution in [3.63, 3.8) is 0 Å². The average Bonchev–Trinajstić information content (AvgIpc) is 2.64. The number of carbonyl (C=O) groups excluding carboxylic acids is 3. The van der Waals surface area contributed by atoms with E-state index < -0.39 is 30.8 Å². The number of carbonyl (C=O) groups is 3. The van der Waals surface area contributed by atoms with Crippen LogP contribution in [0.1, 0.15) is 33.6 Å². The number of hydroxylamine groups is 1. The Hall–Kier alpha value is -2.28. The van der Waals surface area contributed by atoms with Crippen LogP contribution in [-0.2, 0) is 19.2 Å². The van der Waals surface area contributed by atoms with Crippen LogP contribution < -0.4 is 21.6 Å². The van der Waals surface area contributed by atoms with E-state index in [2.05, 4.69) is 28.7 Å². The summed E-state index contributed by atoms with van der Waals surface area (Å²) in [6.45, 7) is 5.31. The second-order valence-corrected chi connectivity index (χ2v) is 7.71. The van der Waals surface area contributed by atoms with Gasteiger partial charge >= 0.3 is 19.2 Å². The molecule has 0 radical (unpaired) electrons. The second-order valence-electron chi connectivity index (χ2n) is 7.35. The van der Waals surface area contributed by atoms with E-state index in [9.17, 15) is 14.4 Å². The Morgan fingerprint density at radius 1 is 1.23 bits per heavy atom. The monoisotopic (exact) mass is 441 g/mol. The van der Waals surface area contributed by atoms with E-state index in [1.807, 2.05) is 0 Å². The maximum Gasteiger partial charge on any atom is 0.488 e. The van der Waals surface area contributed by atoms with Crippen molar-refractivity contribution in [1.29, 1.82) is 0 Å². The number of amides is 2. The van der Waals surface area contributed by atoms with Gasteiger partial charge in [-0.15, -0.1) is 0 Å². The molecule has 1 atom stereocenters. The van der Waals surface area contributed by atoms with Crippen LogP contribution in [0, 0.1) is 0 Å². The number of ether oxygens (including phenoxy) is 1. The molecule has 166 valence electrons. The zero-order valence-corrected chi connectivity index (χ0v) is 18.1. The summed E-state index contributed by atoms with van der Waals surface area (Å²) in [6.07, 6.45) is -0.248. The molecule has 1 unspecified atom stereocenters. The molecule has 1 rings (SSSR count). The van der Waals surface area contributed by atoms with Crippen LogP contribution in [-0.4, -0.2) is 59.1 Å². The molecule has 0 aliphatic carbocycles. The fraction of sp³-hybridized carbons (Fsp3) is 0.500. The minimum absolute atomic E-state index is 0.0176. The summed E-state index contributed by atoms with van der Waals surface area (Å²) in [6, 6.07) is 5.20. The Morgan fingerprint density at radius 3 is 2.53 bits per heavy atom. The molecule has 1 aromatic carbocycles. The molecule has 1 aromatic rings. The number of alkyl carbamates (subject to hydrolysis) is 1. The molecule has 0 aliphatic heterocycles. The van der Waals surface area contributed by atoms with Gasteiger partial charge in [0.2, 0.25) is 5.91 Å². The highest BCUT2D eigenvalue weighted by molar-refractivity contribution is 7.80. The Balaban J connectivity index is 2.30. The van der Waals surface area contributed by atoms with Crippen molar-refractivity contribution in [3.05, 3.63) is 24.3 Å². The summed E-state index contributed by atoms with van der Waals surface area (Å²) in [7, 11) is -1.62. The minimum atomic E-state index is -1.62. The van der Waals surface area contributed by atoms with Crippen LogP contribution in [0.4, 0.5) is 10.5 Å². The fourth-order valence-electron chi connectivity index (χ4n) is 2.14. The van der Waals surface area contributed by atoms with Crippen molar-refractivity contribution >= 4 is 48.9 Å². The molecule has 0 aliphatic rings. The van der Waals surface area contributed by atoms with E-state index in [4.69, 9.17) is 19.6 Å². The van der Waals surface area contributed by atoms with E-state index in [0.717, 1.165) is 0 Å². The van der Waals surface area contributed by atoms with Crippen molar-refractivity contribution in [2.24, 2.45) is 0 Å². The van der Waals surface area contributed by atoms with Gasteiger partial charge in [0.15, 0.2) is 0 Å². The number of rotatable bonds is 10. The molecule has 0 heterocycles. The highest BCUT2D eigenvalue weighted by atomic mass is 32.1. The van der Waals surface area contributed by atoms with Gasteiger partial charge in [0, 0.05) is 24.4 Å². The van der Waals surface area contributed by atoms with Gasteiger partial charge in [0.25, 0.3) is 0 Å². The van der Waals surface area contributed by atoms with Crippen molar-refractivity contribution in [1.82, 2.24) is 10.8 Å². The number of anilines is 1. The van der Waals surface area contributed by atoms with Gasteiger partial charge in [-0.1, -0.05) is 12.1 Å². The maximum absolute atomic E-state index is 12.0. The summed E-state index contributed by atoms with van der Waals surface area (Å²) in [5.74, 6) is -1.00. The van der Waals surface area contributed by atoms with Crippen LogP contribution in [0.5, 0.6) is 0 Å². The highest BCUT2D eigenvalue weighted by Crippen LogP contribution is 2.07. The van der Waals surface area contributed by atoms with Gasteiger partial charge in [0.05, 0.1) is 0 Å². The van der Waals surface area contributed by atoms with E-state index >= 15 is 0 Å². The first-order valence-electron chi connectivity index (χ1n) is 9.31. The predicted molar refractivity (Wildman–Crippen MR) is 115 cm³/mol. The number of hydrogen-bond donors (Lipinski definition) is 6. The van der Waals surface area contributed by atoms with Gasteiger partial charge in [-0.25, -0.2) is 9.59 Å². The van der Waals surface area contributed by atoms with Gasteiger partial charge in [-0.2, -0.15) is 18.1 Å². The lowest BCUT2D eigenvalue weighted by molar-refractivity contribution is -0.153. The van der Waals surface area contributed by atoms with Crippen LogP contribution in [0.15, 0.2) is 24.3 Å². The molecule has 0 fully saturated rings. The third-order valence-electron chi connectivity index (χ3n) is 3.48. The van der Waals surface area contributed by atoms with Crippen molar-refractivity contribution in [3.8, 4) is 0 Å². The van der Waals surface area contributed by atoms with E-state index in [0.29, 0.717) is 12.1 Å². The molecular weight excluding hydrogens is 413 g/mol. The van der Waals surface area contributed by atoms with E-state index in [-0.39, 0.29) is 30.1 Å². The minimum Gasteiger partial charge on any atom is -0.444 e. The molecule has 30 heavy (non-hydrogen) atoms. The van der Waals surface area contributed by atoms with Crippen LogP contribution in [0.3, 0.4) is 0 Å². The Labute approximate surface area is 181 Å². The van der Waals surface area contributed by atoms with Crippen molar-refractivity contribution in [2.45, 2.75) is 45.3 Å². The smallest absolute Gasteiger partial charge is 0.444 e. The van der Waals surface area contributed by atoms with Crippen LogP contribution in [0.25, 0.3) is 0 Å². The molecular formula is C18H28BN3O7S. The zero-order valence-electron chi connectivity index (χ0n) is 17.2. The van der Waals surface area contributed by atoms with E-state index in [1.54, 1.807) is 32.9 Å². The zero-order chi connectivity index (χ0) is 22.7. The third kappa shape index (κ3) is 10.5. The van der Waals surface area contributed by atoms with E-state index in [1.165, 1.54) is 12.1 Å². The second kappa shape index (κ2) is 12.4. The molecule has 12 heteroatoms. The number of thiol groups is 1. The normalized spacial score (nSPS) is 11.9. The standard InChI is InChI=1S/C18H28BN3O7S/c1-18(2,3)28-17(25)22-14(11-30)16(24)29-20-9-5-8-15(23)21-13-7-4-6-12(10-13)19(26)27/h4,6-7,10,14,20,26-27,30H,5,8-9,11H2,1-3H3,(H,21,23)(H,22,25). The number of nitrogens with one attached hydrogen (secondary N) is 3. The Morgan fingerprint density at radius 2 is 1.93 bits per heavy atom. The first-order chi connectivity index (χ1) is 14.0. The lowest BCUT2D eigenvalue weighted by atomic mass is 9.80. The first-order valence-corrected chi connectivity index (χ1v) is 9.95. The largest absolute Gasteiger partial charge is 0.488 e. The molecule has 0 saturated carbocycles. The van der Waals surface area contributed by atoms with Crippen molar-refractivity contribution < 1.29 is 34.0 Å². The molecule has 2 amide bonds. The van der Waals surface area contributed by atoms with Gasteiger partial charge < -0.3 is 30.3 Å². The lowest BCUT2D eigenvalue weighted by Crippen LogP contribution is -2.46. The van der Waals surface area contributed by atoms with Crippen LogP contribution in [0.2, 0.25) is 0 Å². The average molecular weight is 441 g/mol. The van der Waals surface area contributed by atoms with Gasteiger partial charge in [0.1, 0.15) is 11.6 Å². The first kappa shape index (κ1) is 25.8. The fourth-order valence-corrected chi connectivity index (χ4v) is 2.38. The third-order valence-corrected chi connectivity index (χ3v) is 3.85. The molecule has 10 nitrogen and oxygen atoms in total. The summed E-state index contributed by atoms with van der Waals surface area (Å²) in [5, 5.41) is 23.3. The number of hydrogen-bond acceptors (Lipinski definition) is 9. The molecule has 0 bridgehead atoms. The topological polar surface area (TPSA) is 146 Å². The molecule has 0 saturated heterocycles. The van der Waals surface area contributed by atoms with Crippen LogP contribution >= 0.6 is 12.6 Å². The Kier molecular flexibility index (Phi) is 10.7. The SMILES string of the molecule is CC(C)(C)OC(=O)NC(CS)C(=O)ONCCCC(=O)Nc1cccc(B(O)O)c1. The number of benzene rings is 1. The molecule has 5 N–H and O–H groups in total. The lowest BCUT2D eigenvalue weighted by Gasteiger charge is -2.22. The van der Waals surface area contributed by atoms with Crippen molar-refractivity contribution in [2.75, 3.05) is 17.6 Å². The summed E-state index contributed by atoms with van der Waals surface area (Å²) >= 11 is 4.02. The highest BCUT2D eigenvalue weighted by Gasteiger charge is 2.24.